The monoisotopic (exact) mass is 319 g/mol. The zero-order valence-electron chi connectivity index (χ0n) is 13.0. The molecule has 0 heterocycles. The lowest BCUT2D eigenvalue weighted by atomic mass is 10.2. The van der Waals surface area contributed by atoms with E-state index in [2.05, 4.69) is 37.0 Å². The molecule has 0 aliphatic carbocycles. The van der Waals surface area contributed by atoms with Crippen molar-refractivity contribution in [3.05, 3.63) is 29.8 Å². The van der Waals surface area contributed by atoms with Crippen molar-refractivity contribution in [3.8, 4) is 23.8 Å². The van der Waals surface area contributed by atoms with Crippen molar-refractivity contribution in [1.29, 1.82) is 0 Å². The molecule has 0 spiro atoms. The third-order valence-electron chi connectivity index (χ3n) is 2.65. The summed E-state index contributed by atoms with van der Waals surface area (Å²) in [5.41, 5.74) is 4.17. The molecule has 0 aliphatic heterocycles. The quantitative estimate of drug-likeness (QED) is 0.632. The highest BCUT2D eigenvalue weighted by molar-refractivity contribution is 7.89. The van der Waals surface area contributed by atoms with E-state index in [1.165, 1.54) is 4.31 Å². The Labute approximate surface area is 129 Å². The van der Waals surface area contributed by atoms with Gasteiger partial charge in [-0.15, -0.1) is 12.0 Å². The van der Waals surface area contributed by atoms with Crippen LogP contribution in [0.2, 0.25) is 19.6 Å². The van der Waals surface area contributed by atoms with Crippen molar-refractivity contribution in [2.24, 2.45) is 0 Å². The van der Waals surface area contributed by atoms with Crippen LogP contribution in [0.4, 0.5) is 0 Å². The first-order chi connectivity index (χ1) is 9.66. The van der Waals surface area contributed by atoms with Crippen LogP contribution in [0.15, 0.2) is 29.2 Å². The molecule has 21 heavy (non-hydrogen) atoms. The zero-order chi connectivity index (χ0) is 16.1. The van der Waals surface area contributed by atoms with Gasteiger partial charge >= 0.3 is 0 Å². The molecular formula is C16H21NO2SSi. The normalized spacial score (nSPS) is 11.6. The van der Waals surface area contributed by atoms with Gasteiger partial charge in [0.05, 0.1) is 18.0 Å². The Balaban J connectivity index is 3.06. The van der Waals surface area contributed by atoms with Gasteiger partial charge in [0.2, 0.25) is 10.0 Å². The highest BCUT2D eigenvalue weighted by Gasteiger charge is 2.22. The van der Waals surface area contributed by atoms with E-state index in [0.717, 1.165) is 5.56 Å². The number of benzene rings is 1. The predicted molar refractivity (Wildman–Crippen MR) is 89.9 cm³/mol. The van der Waals surface area contributed by atoms with Crippen LogP contribution in [0.5, 0.6) is 0 Å². The maximum absolute atomic E-state index is 12.6. The molecule has 5 heteroatoms. The van der Waals surface area contributed by atoms with Gasteiger partial charge in [-0.25, -0.2) is 8.42 Å². The Kier molecular flexibility index (Phi) is 5.80. The molecule has 0 radical (unpaired) electrons. The summed E-state index contributed by atoms with van der Waals surface area (Å²) in [4.78, 5) is 0.248. The molecule has 1 aromatic rings. The lowest BCUT2D eigenvalue weighted by molar-refractivity contribution is 0.482. The van der Waals surface area contributed by atoms with E-state index in [9.17, 15) is 8.42 Å². The molecule has 0 fully saturated rings. The number of aryl methyl sites for hydroxylation is 1. The summed E-state index contributed by atoms with van der Waals surface area (Å²) in [6.07, 6.45) is 5.29. The average molecular weight is 320 g/mol. The summed E-state index contributed by atoms with van der Waals surface area (Å²) in [6, 6.07) is 6.74. The van der Waals surface area contributed by atoms with Crippen molar-refractivity contribution in [1.82, 2.24) is 4.31 Å². The fourth-order valence-electron chi connectivity index (χ4n) is 1.58. The van der Waals surface area contributed by atoms with Crippen molar-refractivity contribution >= 4 is 18.1 Å². The smallest absolute Gasteiger partial charge is 0.207 e. The minimum absolute atomic E-state index is 0.0244. The van der Waals surface area contributed by atoms with E-state index < -0.39 is 18.1 Å². The molecule has 0 N–H and O–H groups in total. The standard InChI is InChI=1S/C16H21NO2SSi/c1-6-12-17(13-7-14-21(3,4)5)20(18,19)16-10-8-15(2)9-11-16/h1,8-11H,12-13H2,2-5H3. The number of nitrogens with zero attached hydrogens (tertiary/aromatic N) is 1. The summed E-state index contributed by atoms with van der Waals surface area (Å²) in [6.45, 7) is 8.40. The molecule has 0 atom stereocenters. The Morgan fingerprint density at radius 1 is 1.14 bits per heavy atom. The highest BCUT2D eigenvalue weighted by atomic mass is 32.2. The zero-order valence-corrected chi connectivity index (χ0v) is 14.8. The molecule has 112 valence electrons. The first-order valence-electron chi connectivity index (χ1n) is 6.67. The van der Waals surface area contributed by atoms with Gasteiger partial charge in [-0.3, -0.25) is 0 Å². The van der Waals surface area contributed by atoms with Crippen LogP contribution >= 0.6 is 0 Å². The van der Waals surface area contributed by atoms with Gasteiger partial charge < -0.3 is 0 Å². The van der Waals surface area contributed by atoms with Gasteiger partial charge in [-0.1, -0.05) is 49.2 Å². The summed E-state index contributed by atoms with van der Waals surface area (Å²) < 4.78 is 26.4. The van der Waals surface area contributed by atoms with Gasteiger partial charge in [-0.2, -0.15) is 4.31 Å². The second-order valence-electron chi connectivity index (χ2n) is 5.84. The molecule has 1 aromatic carbocycles. The molecule has 0 saturated heterocycles. The third-order valence-corrected chi connectivity index (χ3v) is 5.38. The van der Waals surface area contributed by atoms with E-state index in [-0.39, 0.29) is 18.0 Å². The highest BCUT2D eigenvalue weighted by Crippen LogP contribution is 2.15. The molecule has 0 unspecified atom stereocenters. The lowest BCUT2D eigenvalue weighted by Crippen LogP contribution is -2.32. The van der Waals surface area contributed by atoms with Gasteiger partial charge in [-0.05, 0) is 19.1 Å². The van der Waals surface area contributed by atoms with Gasteiger partial charge in [0.25, 0.3) is 0 Å². The van der Waals surface area contributed by atoms with Gasteiger partial charge in [0.15, 0.2) is 0 Å². The number of rotatable bonds is 4. The number of hydrogen-bond acceptors (Lipinski definition) is 2. The maximum Gasteiger partial charge on any atom is 0.244 e. The van der Waals surface area contributed by atoms with E-state index >= 15 is 0 Å². The van der Waals surface area contributed by atoms with Crippen LogP contribution in [0.25, 0.3) is 0 Å². The van der Waals surface area contributed by atoms with Crippen molar-refractivity contribution in [2.45, 2.75) is 31.5 Å². The van der Waals surface area contributed by atoms with Crippen LogP contribution in [0.1, 0.15) is 5.56 Å². The first-order valence-corrected chi connectivity index (χ1v) is 11.6. The summed E-state index contributed by atoms with van der Waals surface area (Å²) >= 11 is 0. The Morgan fingerprint density at radius 3 is 2.19 bits per heavy atom. The van der Waals surface area contributed by atoms with Crippen LogP contribution < -0.4 is 0 Å². The number of terminal acetylenes is 1. The summed E-state index contributed by atoms with van der Waals surface area (Å²) in [5.74, 6) is 5.35. The van der Waals surface area contributed by atoms with Gasteiger partial charge in [0, 0.05) is 0 Å². The predicted octanol–water partition coefficient (Wildman–Crippen LogP) is 2.50. The van der Waals surface area contributed by atoms with Crippen LogP contribution in [-0.4, -0.2) is 33.9 Å². The summed E-state index contributed by atoms with van der Waals surface area (Å²) in [5, 5.41) is 0. The van der Waals surface area contributed by atoms with E-state index in [4.69, 9.17) is 6.42 Å². The molecular weight excluding hydrogens is 298 g/mol. The number of sulfonamides is 1. The third kappa shape index (κ3) is 5.39. The second kappa shape index (κ2) is 6.95. The van der Waals surface area contributed by atoms with Gasteiger partial charge in [0.1, 0.15) is 8.07 Å². The number of hydrogen-bond donors (Lipinski definition) is 0. The maximum atomic E-state index is 12.6. The van der Waals surface area contributed by atoms with E-state index in [0.29, 0.717) is 0 Å². The molecule has 0 saturated carbocycles. The second-order valence-corrected chi connectivity index (χ2v) is 12.5. The molecule has 0 aromatic heterocycles. The molecule has 0 bridgehead atoms. The molecule has 0 aliphatic rings. The Morgan fingerprint density at radius 2 is 1.71 bits per heavy atom. The lowest BCUT2D eigenvalue weighted by Gasteiger charge is -2.17. The SMILES string of the molecule is C#CCN(CC#C[Si](C)(C)C)S(=O)(=O)c1ccc(C)cc1. The topological polar surface area (TPSA) is 37.4 Å². The minimum Gasteiger partial charge on any atom is -0.207 e. The average Bonchev–Trinajstić information content (AvgIpc) is 2.37. The van der Waals surface area contributed by atoms with Crippen LogP contribution in [0, 0.1) is 30.7 Å². The molecule has 0 amide bonds. The van der Waals surface area contributed by atoms with Crippen LogP contribution in [0.3, 0.4) is 0 Å². The summed E-state index contributed by atoms with van der Waals surface area (Å²) in [7, 11) is -5.12. The van der Waals surface area contributed by atoms with E-state index in [1.54, 1.807) is 24.3 Å². The Bertz CT molecular complexity index is 683. The largest absolute Gasteiger partial charge is 0.244 e. The minimum atomic E-state index is -3.59. The van der Waals surface area contributed by atoms with Crippen molar-refractivity contribution in [2.75, 3.05) is 13.1 Å². The Hall–Kier alpha value is -1.53. The van der Waals surface area contributed by atoms with Crippen molar-refractivity contribution < 1.29 is 8.42 Å². The first kappa shape index (κ1) is 17.5. The van der Waals surface area contributed by atoms with E-state index in [1.807, 2.05) is 6.92 Å². The molecule has 1 rings (SSSR count). The fraction of sp³-hybridized carbons (Fsp3) is 0.375. The fourth-order valence-corrected chi connectivity index (χ4v) is 3.45. The van der Waals surface area contributed by atoms with Crippen molar-refractivity contribution in [3.63, 3.8) is 0 Å². The van der Waals surface area contributed by atoms with Crippen LogP contribution in [-0.2, 0) is 10.0 Å². The molecule has 3 nitrogen and oxygen atoms in total.